The smallest absolute Gasteiger partial charge is 0.252 e. The third-order valence-corrected chi connectivity index (χ3v) is 3.80. The molecule has 0 aliphatic heterocycles. The maximum absolute atomic E-state index is 6.27. The van der Waals surface area contributed by atoms with Gasteiger partial charge in [-0.05, 0) is 36.8 Å². The molecule has 0 fully saturated rings. The van der Waals surface area contributed by atoms with Gasteiger partial charge in [0.1, 0.15) is 5.82 Å². The van der Waals surface area contributed by atoms with E-state index in [1.54, 1.807) is 18.5 Å². The standard InChI is InChI=1S/C14H16ClN5/c1-9-4-2-5-10(8-9)11-12(15)19-20(13(11)16)14-17-6-3-7-18-14/h3,6-9H,2,4-5,16H2,1H3. The van der Waals surface area contributed by atoms with E-state index in [-0.39, 0.29) is 0 Å². The van der Waals surface area contributed by atoms with Gasteiger partial charge in [0.05, 0.1) is 5.56 Å². The summed E-state index contributed by atoms with van der Waals surface area (Å²) in [5, 5.41) is 4.68. The highest BCUT2D eigenvalue weighted by molar-refractivity contribution is 6.31. The summed E-state index contributed by atoms with van der Waals surface area (Å²) >= 11 is 6.27. The molecule has 0 aromatic carbocycles. The van der Waals surface area contributed by atoms with Crippen LogP contribution in [0.25, 0.3) is 11.5 Å². The quantitative estimate of drug-likeness (QED) is 0.922. The highest BCUT2D eigenvalue weighted by Gasteiger charge is 2.22. The summed E-state index contributed by atoms with van der Waals surface area (Å²) in [5.74, 6) is 1.48. The molecule has 1 aliphatic rings. The van der Waals surface area contributed by atoms with E-state index in [1.165, 1.54) is 16.7 Å². The van der Waals surface area contributed by atoms with Crippen molar-refractivity contribution in [3.63, 3.8) is 0 Å². The summed E-state index contributed by atoms with van der Waals surface area (Å²) in [6.45, 7) is 2.20. The molecular weight excluding hydrogens is 274 g/mol. The molecular formula is C14H16ClN5. The first kappa shape index (κ1) is 13.1. The molecule has 2 aromatic heterocycles. The lowest BCUT2D eigenvalue weighted by atomic mass is 9.89. The van der Waals surface area contributed by atoms with Crippen LogP contribution in [0.15, 0.2) is 24.5 Å². The fourth-order valence-corrected chi connectivity index (χ4v) is 2.88. The Kier molecular flexibility index (Phi) is 3.44. The van der Waals surface area contributed by atoms with E-state index in [1.807, 2.05) is 0 Å². The maximum Gasteiger partial charge on any atom is 0.252 e. The minimum atomic E-state index is 0.412. The Morgan fingerprint density at radius 3 is 2.80 bits per heavy atom. The summed E-state index contributed by atoms with van der Waals surface area (Å²) in [5.41, 5.74) is 8.21. The Morgan fingerprint density at radius 2 is 2.10 bits per heavy atom. The van der Waals surface area contributed by atoms with Gasteiger partial charge in [0, 0.05) is 12.4 Å². The molecule has 2 heterocycles. The van der Waals surface area contributed by atoms with Crippen molar-refractivity contribution in [1.29, 1.82) is 0 Å². The molecule has 3 rings (SSSR count). The molecule has 0 saturated heterocycles. The third-order valence-electron chi connectivity index (χ3n) is 3.53. The first-order chi connectivity index (χ1) is 9.66. The molecule has 0 bridgehead atoms. The van der Waals surface area contributed by atoms with Crippen molar-refractivity contribution in [2.45, 2.75) is 26.2 Å². The van der Waals surface area contributed by atoms with Crippen molar-refractivity contribution in [3.8, 4) is 5.95 Å². The van der Waals surface area contributed by atoms with Crippen LogP contribution < -0.4 is 5.73 Å². The van der Waals surface area contributed by atoms with Crippen molar-refractivity contribution >= 4 is 23.0 Å². The van der Waals surface area contributed by atoms with Gasteiger partial charge in [0.15, 0.2) is 5.15 Å². The zero-order chi connectivity index (χ0) is 14.1. The van der Waals surface area contributed by atoms with Crippen LogP contribution in [0.1, 0.15) is 31.7 Å². The Morgan fingerprint density at radius 1 is 1.35 bits per heavy atom. The monoisotopic (exact) mass is 289 g/mol. The molecule has 0 radical (unpaired) electrons. The molecule has 20 heavy (non-hydrogen) atoms. The van der Waals surface area contributed by atoms with Gasteiger partial charge in [0.2, 0.25) is 0 Å². The average Bonchev–Trinajstić information content (AvgIpc) is 2.75. The summed E-state index contributed by atoms with van der Waals surface area (Å²) in [4.78, 5) is 8.31. The van der Waals surface area contributed by atoms with E-state index in [2.05, 4.69) is 28.1 Å². The maximum atomic E-state index is 6.27. The van der Waals surface area contributed by atoms with Gasteiger partial charge in [-0.3, -0.25) is 0 Å². The van der Waals surface area contributed by atoms with E-state index in [0.29, 0.717) is 22.8 Å². The van der Waals surface area contributed by atoms with Gasteiger partial charge in [-0.25, -0.2) is 9.97 Å². The number of anilines is 1. The molecule has 1 unspecified atom stereocenters. The number of aromatic nitrogens is 4. The van der Waals surface area contributed by atoms with Gasteiger partial charge in [-0.15, -0.1) is 0 Å². The van der Waals surface area contributed by atoms with Crippen LogP contribution in [-0.4, -0.2) is 19.7 Å². The van der Waals surface area contributed by atoms with E-state index < -0.39 is 0 Å². The average molecular weight is 290 g/mol. The van der Waals surface area contributed by atoms with Crippen LogP contribution in [0.3, 0.4) is 0 Å². The predicted octanol–water partition coefficient (Wildman–Crippen LogP) is 3.10. The Bertz CT molecular complexity index is 647. The highest BCUT2D eigenvalue weighted by Crippen LogP contribution is 2.37. The van der Waals surface area contributed by atoms with E-state index in [0.717, 1.165) is 18.4 Å². The SMILES string of the molecule is CC1C=C(c2c(Cl)nn(-c3ncccn3)c2N)CCC1. The lowest BCUT2D eigenvalue weighted by Crippen LogP contribution is -2.07. The largest absolute Gasteiger partial charge is 0.383 e. The zero-order valence-corrected chi connectivity index (χ0v) is 12.0. The molecule has 0 spiro atoms. The van der Waals surface area contributed by atoms with Crippen molar-refractivity contribution in [2.75, 3.05) is 5.73 Å². The lowest BCUT2D eigenvalue weighted by molar-refractivity contribution is 0.593. The fraction of sp³-hybridized carbons (Fsp3) is 0.357. The van der Waals surface area contributed by atoms with Gasteiger partial charge in [0.25, 0.3) is 5.95 Å². The highest BCUT2D eigenvalue weighted by atomic mass is 35.5. The van der Waals surface area contributed by atoms with Crippen molar-refractivity contribution in [3.05, 3.63) is 35.3 Å². The second-order valence-corrected chi connectivity index (χ2v) is 5.43. The number of halogens is 1. The molecule has 1 aliphatic carbocycles. The third kappa shape index (κ3) is 2.29. The second-order valence-electron chi connectivity index (χ2n) is 5.07. The Labute approximate surface area is 122 Å². The summed E-state index contributed by atoms with van der Waals surface area (Å²) in [7, 11) is 0. The summed E-state index contributed by atoms with van der Waals surface area (Å²) < 4.78 is 1.50. The van der Waals surface area contributed by atoms with Crippen molar-refractivity contribution in [2.24, 2.45) is 5.92 Å². The molecule has 2 N–H and O–H groups in total. The molecule has 5 nitrogen and oxygen atoms in total. The van der Waals surface area contributed by atoms with Crippen LogP contribution in [0.2, 0.25) is 5.15 Å². The number of hydrogen-bond acceptors (Lipinski definition) is 4. The summed E-state index contributed by atoms with van der Waals surface area (Å²) in [6.07, 6.45) is 8.87. The van der Waals surface area contributed by atoms with E-state index in [9.17, 15) is 0 Å². The number of nitrogen functional groups attached to an aromatic ring is 1. The Hall–Kier alpha value is -1.88. The summed E-state index contributed by atoms with van der Waals surface area (Å²) in [6, 6.07) is 1.75. The van der Waals surface area contributed by atoms with E-state index >= 15 is 0 Å². The van der Waals surface area contributed by atoms with Crippen LogP contribution in [0.4, 0.5) is 5.82 Å². The van der Waals surface area contributed by atoms with Crippen molar-refractivity contribution in [1.82, 2.24) is 19.7 Å². The predicted molar refractivity (Wildman–Crippen MR) is 79.6 cm³/mol. The first-order valence-electron chi connectivity index (χ1n) is 6.69. The number of nitrogens with zero attached hydrogens (tertiary/aromatic N) is 4. The fourth-order valence-electron chi connectivity index (χ4n) is 2.59. The number of nitrogens with two attached hydrogens (primary N) is 1. The van der Waals surface area contributed by atoms with Gasteiger partial charge >= 0.3 is 0 Å². The number of allylic oxidation sites excluding steroid dienone is 2. The molecule has 2 aromatic rings. The minimum absolute atomic E-state index is 0.412. The van der Waals surface area contributed by atoms with Crippen LogP contribution in [-0.2, 0) is 0 Å². The molecule has 6 heteroatoms. The Balaban J connectivity index is 2.08. The molecule has 1 atom stereocenters. The molecule has 104 valence electrons. The minimum Gasteiger partial charge on any atom is -0.383 e. The van der Waals surface area contributed by atoms with Gasteiger partial charge in [-0.2, -0.15) is 9.78 Å². The molecule has 0 amide bonds. The van der Waals surface area contributed by atoms with Crippen LogP contribution in [0.5, 0.6) is 0 Å². The van der Waals surface area contributed by atoms with E-state index in [4.69, 9.17) is 17.3 Å². The first-order valence-corrected chi connectivity index (χ1v) is 7.07. The van der Waals surface area contributed by atoms with Crippen molar-refractivity contribution < 1.29 is 0 Å². The van der Waals surface area contributed by atoms with Crippen LogP contribution >= 0.6 is 11.6 Å². The van der Waals surface area contributed by atoms with Gasteiger partial charge in [-0.1, -0.05) is 24.6 Å². The normalized spacial score (nSPS) is 18.9. The number of hydrogen-bond donors (Lipinski definition) is 1. The topological polar surface area (TPSA) is 69.6 Å². The van der Waals surface area contributed by atoms with Crippen LogP contribution in [0, 0.1) is 5.92 Å². The zero-order valence-electron chi connectivity index (χ0n) is 11.3. The molecule has 0 saturated carbocycles. The van der Waals surface area contributed by atoms with Gasteiger partial charge < -0.3 is 5.73 Å². The second kappa shape index (κ2) is 5.25. The number of rotatable bonds is 2. The lowest BCUT2D eigenvalue weighted by Gasteiger charge is -2.17.